The molecule has 63 heavy (non-hydrogen) atoms. The molecule has 0 bridgehead atoms. The Hall–Kier alpha value is -7.06. The minimum absolute atomic E-state index is 0.000418. The largest absolute Gasteiger partial charge is 0.459 e. The summed E-state index contributed by atoms with van der Waals surface area (Å²) in [5, 5.41) is 15.6. The van der Waals surface area contributed by atoms with Crippen molar-refractivity contribution in [1.82, 2.24) is 21.3 Å². The molecule has 0 unspecified atom stereocenters. The zero-order valence-electron chi connectivity index (χ0n) is 35.7. The molecule has 0 aromatic heterocycles. The minimum atomic E-state index is -1.15. The summed E-state index contributed by atoms with van der Waals surface area (Å²) in [7, 11) is 0. The third-order valence-corrected chi connectivity index (χ3v) is 10.6. The Balaban J connectivity index is 1.32. The molecule has 0 aliphatic rings. The van der Waals surface area contributed by atoms with E-state index in [1.807, 2.05) is 78.9 Å². The Bertz CT molecular complexity index is 2380. The number of amides is 4. The molecule has 14 nitrogen and oxygen atoms in total. The van der Waals surface area contributed by atoms with Crippen LogP contribution in [0.25, 0.3) is 32.7 Å². The normalized spacial score (nSPS) is 12.9. The van der Waals surface area contributed by atoms with Crippen LogP contribution in [-0.2, 0) is 41.7 Å². The predicted octanol–water partition coefficient (Wildman–Crippen LogP) is 4.66. The van der Waals surface area contributed by atoms with Gasteiger partial charge in [-0.2, -0.15) is 0 Å². The minimum Gasteiger partial charge on any atom is -0.459 e. The molecule has 5 rings (SSSR count). The Morgan fingerprint density at radius 3 is 1.89 bits per heavy atom. The Labute approximate surface area is 368 Å². The molecule has 0 aliphatic carbocycles. The first-order valence-electron chi connectivity index (χ1n) is 21.2. The molecular weight excluding hydrogens is 797 g/mol. The monoisotopic (exact) mass is 854 g/mol. The van der Waals surface area contributed by atoms with Crippen LogP contribution in [0.2, 0.25) is 0 Å². The van der Waals surface area contributed by atoms with Crippen molar-refractivity contribution >= 4 is 57.1 Å². The SMILES string of the molecule is C=CC[C@H](NC(=O)[C@@H](CCCN=C(N)N)NC(=O)[C@H](CCCCN)NC(=O)[C@H](Cc1ccc(-c2cc3ccccc3c3ccccc23)cc1)NC(C)=O)C(=O)OCc1ccccc1. The van der Waals surface area contributed by atoms with Crippen molar-refractivity contribution in [2.75, 3.05) is 13.1 Å². The van der Waals surface area contributed by atoms with Crippen LogP contribution in [0, 0.1) is 0 Å². The lowest BCUT2D eigenvalue weighted by Crippen LogP contribution is -2.58. The molecule has 0 saturated heterocycles. The summed E-state index contributed by atoms with van der Waals surface area (Å²) in [5.74, 6) is -3.10. The first kappa shape index (κ1) is 47.0. The van der Waals surface area contributed by atoms with Crippen LogP contribution in [0.5, 0.6) is 0 Å². The van der Waals surface area contributed by atoms with Crippen LogP contribution in [0.1, 0.15) is 56.6 Å². The molecule has 0 radical (unpaired) electrons. The van der Waals surface area contributed by atoms with Crippen molar-refractivity contribution in [2.45, 2.75) is 82.6 Å². The summed E-state index contributed by atoms with van der Waals surface area (Å²) in [6.45, 7) is 5.57. The average molecular weight is 855 g/mol. The number of carbonyl (C=O) groups is 5. The number of esters is 1. The maximum absolute atomic E-state index is 14.1. The smallest absolute Gasteiger partial charge is 0.329 e. The van der Waals surface area contributed by atoms with Crippen molar-refractivity contribution in [3.63, 3.8) is 0 Å². The zero-order chi connectivity index (χ0) is 45.1. The Morgan fingerprint density at radius 2 is 1.25 bits per heavy atom. The van der Waals surface area contributed by atoms with E-state index in [0.717, 1.165) is 38.4 Å². The number of nitrogens with two attached hydrogens (primary N) is 3. The summed E-state index contributed by atoms with van der Waals surface area (Å²) in [6.07, 6.45) is 3.34. The van der Waals surface area contributed by atoms with Crippen LogP contribution in [0.4, 0.5) is 0 Å². The number of hydrogen-bond acceptors (Lipinski definition) is 8. The molecule has 10 N–H and O–H groups in total. The van der Waals surface area contributed by atoms with Gasteiger partial charge in [-0.25, -0.2) is 4.79 Å². The number of unbranched alkanes of at least 4 members (excludes halogenated alkanes) is 1. The van der Waals surface area contributed by atoms with Gasteiger partial charge >= 0.3 is 5.97 Å². The number of fused-ring (bicyclic) bond motifs is 3. The van der Waals surface area contributed by atoms with Gasteiger partial charge in [-0.1, -0.05) is 109 Å². The van der Waals surface area contributed by atoms with Crippen LogP contribution < -0.4 is 38.5 Å². The molecule has 0 aliphatic heterocycles. The second-order valence-corrected chi connectivity index (χ2v) is 15.4. The summed E-state index contributed by atoms with van der Waals surface area (Å²) in [4.78, 5) is 71.5. The molecule has 330 valence electrons. The van der Waals surface area contributed by atoms with E-state index in [9.17, 15) is 24.0 Å². The fraction of sp³-hybridized carbons (Fsp3) is 0.306. The second-order valence-electron chi connectivity index (χ2n) is 15.4. The number of carbonyl (C=O) groups excluding carboxylic acids is 5. The summed E-state index contributed by atoms with van der Waals surface area (Å²) >= 11 is 0. The molecule has 0 saturated carbocycles. The molecule has 0 heterocycles. The van der Waals surface area contributed by atoms with E-state index in [1.165, 1.54) is 18.4 Å². The maximum Gasteiger partial charge on any atom is 0.329 e. The lowest BCUT2D eigenvalue weighted by Gasteiger charge is -2.26. The highest BCUT2D eigenvalue weighted by Crippen LogP contribution is 2.35. The summed E-state index contributed by atoms with van der Waals surface area (Å²) in [5.41, 5.74) is 20.4. The Kier molecular flexibility index (Phi) is 17.8. The van der Waals surface area contributed by atoms with Gasteiger partial charge in [0.25, 0.3) is 0 Å². The van der Waals surface area contributed by atoms with E-state index in [1.54, 1.807) is 0 Å². The number of hydrogen-bond donors (Lipinski definition) is 7. The summed E-state index contributed by atoms with van der Waals surface area (Å²) < 4.78 is 5.49. The lowest BCUT2D eigenvalue weighted by atomic mass is 9.92. The number of nitrogens with one attached hydrogen (secondary N) is 4. The molecule has 0 fully saturated rings. The lowest BCUT2D eigenvalue weighted by molar-refractivity contribution is -0.149. The molecule has 4 amide bonds. The molecule has 0 spiro atoms. The average Bonchev–Trinajstić information content (AvgIpc) is 3.28. The first-order chi connectivity index (χ1) is 30.5. The van der Waals surface area contributed by atoms with Gasteiger partial charge < -0.3 is 43.2 Å². The van der Waals surface area contributed by atoms with Crippen LogP contribution in [0.15, 0.2) is 127 Å². The van der Waals surface area contributed by atoms with Gasteiger partial charge in [-0.05, 0) is 94.9 Å². The highest BCUT2D eigenvalue weighted by atomic mass is 16.5. The molecule has 4 atom stereocenters. The van der Waals surface area contributed by atoms with Crippen molar-refractivity contribution < 1.29 is 28.7 Å². The van der Waals surface area contributed by atoms with Crippen molar-refractivity contribution in [3.8, 4) is 11.1 Å². The second kappa shape index (κ2) is 23.8. The fourth-order valence-corrected chi connectivity index (χ4v) is 7.36. The maximum atomic E-state index is 14.1. The topological polar surface area (TPSA) is 233 Å². The standard InChI is InChI=1S/C49H58N8O6/c1-3-14-43(48(62)63-31-34-15-5-4-6-16-34)57-46(60)42(22-13-28-53-49(51)52)55-45(59)41(21-11-12-27-50)56-47(61)44(54-32(2)58)29-33-23-25-35(26-24-33)40-30-36-17-7-8-18-37(36)38-19-9-10-20-39(38)40/h3-10,15-20,23-26,30,41-44H,1,11-14,21-22,27-29,31,50H2,2H3,(H,54,58)(H,55,59)(H,56,61)(H,57,60)(H4,51,52,53)/t41-,42+,43-,44-/m0/s1. The molecular formula is C49H58N8O6. The van der Waals surface area contributed by atoms with E-state index in [0.29, 0.717) is 25.8 Å². The highest BCUT2D eigenvalue weighted by molar-refractivity contribution is 6.13. The van der Waals surface area contributed by atoms with Crippen molar-refractivity contribution in [3.05, 3.63) is 133 Å². The quantitative estimate of drug-likeness (QED) is 0.0121. The van der Waals surface area contributed by atoms with Gasteiger partial charge in [0.2, 0.25) is 23.6 Å². The highest BCUT2D eigenvalue weighted by Gasteiger charge is 2.31. The number of aliphatic imine (C=N–C) groups is 1. The van der Waals surface area contributed by atoms with E-state index in [2.05, 4.69) is 63.2 Å². The molecule has 14 heteroatoms. The fourth-order valence-electron chi connectivity index (χ4n) is 7.36. The van der Waals surface area contributed by atoms with Crippen LogP contribution in [-0.4, -0.2) is 72.8 Å². The number of guanidine groups is 1. The van der Waals surface area contributed by atoms with Gasteiger partial charge in [0.1, 0.15) is 30.8 Å². The predicted molar refractivity (Wildman–Crippen MR) is 248 cm³/mol. The van der Waals surface area contributed by atoms with E-state index < -0.39 is 53.8 Å². The van der Waals surface area contributed by atoms with Gasteiger partial charge in [0.15, 0.2) is 5.96 Å². The first-order valence-corrected chi connectivity index (χ1v) is 21.2. The number of benzene rings is 5. The third kappa shape index (κ3) is 14.0. The van der Waals surface area contributed by atoms with E-state index >= 15 is 0 Å². The Morgan fingerprint density at radius 1 is 0.667 bits per heavy atom. The van der Waals surface area contributed by atoms with Crippen LogP contribution >= 0.6 is 0 Å². The summed E-state index contributed by atoms with van der Waals surface area (Å²) in [6, 6.07) is 31.3. The zero-order valence-corrected chi connectivity index (χ0v) is 35.7. The van der Waals surface area contributed by atoms with Crippen molar-refractivity contribution in [2.24, 2.45) is 22.2 Å². The number of ether oxygens (including phenoxy) is 1. The van der Waals surface area contributed by atoms with Gasteiger partial charge in [0, 0.05) is 19.9 Å². The third-order valence-electron chi connectivity index (χ3n) is 10.6. The number of nitrogens with zero attached hydrogens (tertiary/aromatic N) is 1. The molecule has 5 aromatic carbocycles. The van der Waals surface area contributed by atoms with E-state index in [4.69, 9.17) is 21.9 Å². The van der Waals surface area contributed by atoms with Gasteiger partial charge in [0.05, 0.1) is 0 Å². The van der Waals surface area contributed by atoms with Gasteiger partial charge in [-0.15, -0.1) is 6.58 Å². The van der Waals surface area contributed by atoms with E-state index in [-0.39, 0.29) is 44.8 Å². The van der Waals surface area contributed by atoms with Crippen molar-refractivity contribution in [1.29, 1.82) is 0 Å². The number of rotatable bonds is 23. The molecule has 5 aromatic rings. The van der Waals surface area contributed by atoms with Crippen LogP contribution in [0.3, 0.4) is 0 Å². The van der Waals surface area contributed by atoms with Gasteiger partial charge in [-0.3, -0.25) is 24.2 Å².